The fourth-order valence-electron chi connectivity index (χ4n) is 4.47. The summed E-state index contributed by atoms with van der Waals surface area (Å²) < 4.78 is 24.5. The van der Waals surface area contributed by atoms with Gasteiger partial charge in [-0.1, -0.05) is 6.07 Å². The van der Waals surface area contributed by atoms with E-state index in [-0.39, 0.29) is 30.0 Å². The average Bonchev–Trinajstić information content (AvgIpc) is 3.36. The maximum atomic E-state index is 13.0. The number of amides is 1. The maximum absolute atomic E-state index is 13.0. The van der Waals surface area contributed by atoms with Crippen molar-refractivity contribution in [1.82, 2.24) is 4.98 Å². The third-order valence-corrected chi connectivity index (χ3v) is 6.18. The first-order valence-electron chi connectivity index (χ1n) is 11.2. The summed E-state index contributed by atoms with van der Waals surface area (Å²) in [7, 11) is 0. The summed E-state index contributed by atoms with van der Waals surface area (Å²) in [5.74, 6) is 0.766. The van der Waals surface area contributed by atoms with Gasteiger partial charge in [-0.15, -0.1) is 0 Å². The van der Waals surface area contributed by atoms with Gasteiger partial charge in [-0.2, -0.15) is 0 Å². The number of aromatic nitrogens is 1. The number of carbonyl (C=O) groups excluding carboxylic acids is 2. The van der Waals surface area contributed by atoms with E-state index in [1.165, 1.54) is 30.5 Å². The fourth-order valence-corrected chi connectivity index (χ4v) is 4.47. The number of pyridine rings is 1. The number of fused-ring (bicyclic) bond motifs is 1. The summed E-state index contributed by atoms with van der Waals surface area (Å²) in [5.41, 5.74) is 2.25. The van der Waals surface area contributed by atoms with E-state index in [9.17, 15) is 19.1 Å². The first kappa shape index (κ1) is 22.0. The van der Waals surface area contributed by atoms with Crippen LogP contribution in [0.15, 0.2) is 60.8 Å². The second-order valence-corrected chi connectivity index (χ2v) is 8.38. The van der Waals surface area contributed by atoms with E-state index in [1.54, 1.807) is 23.1 Å². The Morgan fingerprint density at radius 2 is 1.85 bits per heavy atom. The number of aliphatic hydroxyl groups is 1. The summed E-state index contributed by atoms with van der Waals surface area (Å²) in [4.78, 5) is 31.2. The number of halogens is 1. The van der Waals surface area contributed by atoms with E-state index in [0.29, 0.717) is 54.4 Å². The molecule has 2 heterocycles. The highest BCUT2D eigenvalue weighted by Gasteiger charge is 2.36. The fraction of sp³-hybridized carbons (Fsp3) is 0.269. The van der Waals surface area contributed by atoms with Gasteiger partial charge in [-0.3, -0.25) is 9.59 Å². The first-order valence-corrected chi connectivity index (χ1v) is 11.2. The van der Waals surface area contributed by atoms with Crippen LogP contribution in [0, 0.1) is 5.82 Å². The second-order valence-electron chi connectivity index (χ2n) is 8.38. The highest BCUT2D eigenvalue weighted by molar-refractivity contribution is 6.04. The summed E-state index contributed by atoms with van der Waals surface area (Å²) in [6.07, 6.45) is 2.28. The van der Waals surface area contributed by atoms with Crippen LogP contribution in [-0.2, 0) is 4.79 Å². The molecule has 1 aliphatic carbocycles. The van der Waals surface area contributed by atoms with Crippen LogP contribution < -0.4 is 14.4 Å². The zero-order valence-corrected chi connectivity index (χ0v) is 18.3. The van der Waals surface area contributed by atoms with Gasteiger partial charge in [0, 0.05) is 43.3 Å². The molecule has 1 unspecified atom stereocenters. The normalized spacial score (nSPS) is 19.4. The van der Waals surface area contributed by atoms with E-state index >= 15 is 0 Å². The van der Waals surface area contributed by atoms with Crippen LogP contribution in [0.4, 0.5) is 10.1 Å². The van der Waals surface area contributed by atoms with Crippen LogP contribution in [0.3, 0.4) is 0 Å². The van der Waals surface area contributed by atoms with E-state index in [4.69, 9.17) is 9.47 Å². The molecule has 2 atom stereocenters. The third kappa shape index (κ3) is 4.36. The summed E-state index contributed by atoms with van der Waals surface area (Å²) in [6, 6.07) is 14.4. The lowest BCUT2D eigenvalue weighted by Gasteiger charge is -2.18. The van der Waals surface area contributed by atoms with Crippen LogP contribution in [0.5, 0.6) is 17.4 Å². The topological polar surface area (TPSA) is 89.0 Å². The Morgan fingerprint density at radius 3 is 2.59 bits per heavy atom. The molecule has 1 fully saturated rings. The minimum absolute atomic E-state index is 0.0365. The average molecular weight is 462 g/mol. The predicted molar refractivity (Wildman–Crippen MR) is 122 cm³/mol. The molecular weight excluding hydrogens is 439 g/mol. The van der Waals surface area contributed by atoms with Crippen LogP contribution >= 0.6 is 0 Å². The number of benzene rings is 2. The standard InChI is InChI=1S/C26H23FN2O5/c27-17-1-4-19(5-2-17)34-25-8-6-20(15-28-25)33-24-9-11-29(26(24)32)18-3-7-21-16(10-12-30)13-23(31)22(21)14-18/h1-8,14-16,24,30H,9-13H2/t16?,24-/m1/s1. The van der Waals surface area contributed by atoms with Gasteiger partial charge >= 0.3 is 0 Å². The number of carbonyl (C=O) groups is 2. The van der Waals surface area contributed by atoms with Crippen molar-refractivity contribution >= 4 is 17.4 Å². The summed E-state index contributed by atoms with van der Waals surface area (Å²) >= 11 is 0. The zero-order valence-electron chi connectivity index (χ0n) is 18.3. The molecule has 3 aromatic rings. The molecule has 2 aliphatic rings. The van der Waals surface area contributed by atoms with Crippen molar-refractivity contribution in [3.8, 4) is 17.4 Å². The minimum atomic E-state index is -0.656. The molecule has 0 saturated carbocycles. The number of hydrogen-bond acceptors (Lipinski definition) is 6. The number of rotatable bonds is 7. The molecule has 0 bridgehead atoms. The molecule has 8 heteroatoms. The number of aliphatic hydroxyl groups excluding tert-OH is 1. The van der Waals surface area contributed by atoms with Crippen LogP contribution in [0.2, 0.25) is 0 Å². The van der Waals surface area contributed by atoms with Crippen molar-refractivity contribution in [2.75, 3.05) is 18.1 Å². The Kier molecular flexibility index (Phi) is 5.98. The molecule has 34 heavy (non-hydrogen) atoms. The minimum Gasteiger partial charge on any atom is -0.479 e. The van der Waals surface area contributed by atoms with Gasteiger partial charge < -0.3 is 19.5 Å². The Morgan fingerprint density at radius 1 is 1.06 bits per heavy atom. The SMILES string of the molecule is O=C1CC(CCO)c2ccc(N3CC[C@@H](Oc4ccc(Oc5ccc(F)cc5)nc4)C3=O)cc21. The summed E-state index contributed by atoms with van der Waals surface area (Å²) in [5, 5.41) is 9.24. The zero-order chi connectivity index (χ0) is 23.7. The summed E-state index contributed by atoms with van der Waals surface area (Å²) in [6.45, 7) is 0.521. The molecule has 1 N–H and O–H groups in total. The molecule has 1 aliphatic heterocycles. The highest BCUT2D eigenvalue weighted by Crippen LogP contribution is 2.38. The molecule has 1 aromatic heterocycles. The van der Waals surface area contributed by atoms with Crippen LogP contribution in [-0.4, -0.2) is 41.0 Å². The monoisotopic (exact) mass is 462 g/mol. The molecule has 1 saturated heterocycles. The molecule has 2 aromatic carbocycles. The molecule has 0 radical (unpaired) electrons. The Bertz CT molecular complexity index is 1210. The van der Waals surface area contributed by atoms with Crippen molar-refractivity contribution in [1.29, 1.82) is 0 Å². The quantitative estimate of drug-likeness (QED) is 0.565. The molecular formula is C26H23FN2O5. The Labute approximate surface area is 195 Å². The predicted octanol–water partition coefficient (Wildman–Crippen LogP) is 4.25. The van der Waals surface area contributed by atoms with Gasteiger partial charge in [0.05, 0.1) is 6.20 Å². The maximum Gasteiger partial charge on any atom is 0.268 e. The number of nitrogens with zero attached hydrogens (tertiary/aromatic N) is 2. The smallest absolute Gasteiger partial charge is 0.268 e. The molecule has 174 valence electrons. The van der Waals surface area contributed by atoms with Gasteiger partial charge in [-0.05, 0) is 60.4 Å². The van der Waals surface area contributed by atoms with Crippen LogP contribution in [0.25, 0.3) is 0 Å². The van der Waals surface area contributed by atoms with Gasteiger partial charge in [0.25, 0.3) is 5.91 Å². The van der Waals surface area contributed by atoms with Crippen molar-refractivity contribution in [2.24, 2.45) is 0 Å². The molecule has 1 amide bonds. The van der Waals surface area contributed by atoms with Gasteiger partial charge in [-0.25, -0.2) is 9.37 Å². The van der Waals surface area contributed by atoms with E-state index in [1.807, 2.05) is 12.1 Å². The second kappa shape index (κ2) is 9.23. The number of hydrogen-bond donors (Lipinski definition) is 1. The lowest BCUT2D eigenvalue weighted by atomic mass is 9.98. The lowest BCUT2D eigenvalue weighted by molar-refractivity contribution is -0.122. The van der Waals surface area contributed by atoms with Crippen LogP contribution in [0.1, 0.15) is 41.1 Å². The van der Waals surface area contributed by atoms with Gasteiger partial charge in [0.2, 0.25) is 5.88 Å². The molecule has 7 nitrogen and oxygen atoms in total. The Balaban J connectivity index is 1.24. The largest absolute Gasteiger partial charge is 0.479 e. The first-order chi connectivity index (χ1) is 16.5. The van der Waals surface area contributed by atoms with E-state index in [2.05, 4.69) is 4.98 Å². The van der Waals surface area contributed by atoms with Gasteiger partial charge in [0.1, 0.15) is 17.3 Å². The highest BCUT2D eigenvalue weighted by atomic mass is 19.1. The molecule has 5 rings (SSSR count). The number of ether oxygens (including phenoxy) is 2. The van der Waals surface area contributed by atoms with Crippen molar-refractivity contribution in [3.05, 3.63) is 77.7 Å². The lowest BCUT2D eigenvalue weighted by Crippen LogP contribution is -2.32. The van der Waals surface area contributed by atoms with E-state index in [0.717, 1.165) is 5.56 Å². The number of anilines is 1. The van der Waals surface area contributed by atoms with Crippen molar-refractivity contribution < 1.29 is 28.6 Å². The van der Waals surface area contributed by atoms with Gasteiger partial charge in [0.15, 0.2) is 11.9 Å². The number of ketones is 1. The third-order valence-electron chi connectivity index (χ3n) is 6.18. The van der Waals surface area contributed by atoms with E-state index < -0.39 is 6.10 Å². The van der Waals surface area contributed by atoms with Crippen molar-refractivity contribution in [2.45, 2.75) is 31.3 Å². The number of Topliss-reactive ketones (excluding diaryl/α,β-unsaturated/α-hetero) is 1. The van der Waals surface area contributed by atoms with Crippen molar-refractivity contribution in [3.63, 3.8) is 0 Å². The molecule has 0 spiro atoms. The Hall–Kier alpha value is -3.78.